The zero-order chi connectivity index (χ0) is 27.9. The van der Waals surface area contributed by atoms with E-state index in [0.717, 1.165) is 13.4 Å². The fourth-order valence-electron chi connectivity index (χ4n) is 4.56. The van der Waals surface area contributed by atoms with E-state index in [-0.39, 0.29) is 28.2 Å². The molecule has 206 valence electrons. The Morgan fingerprint density at radius 1 is 0.816 bits per heavy atom. The fourth-order valence-corrected chi connectivity index (χ4v) is 4.56. The second-order valence-electron chi connectivity index (χ2n) is 8.48. The molecule has 2 heterocycles. The molecule has 1 aliphatic rings. The van der Waals surface area contributed by atoms with E-state index in [1.807, 2.05) is 0 Å². The third-order valence-electron chi connectivity index (χ3n) is 6.54. The Bertz CT molecular complexity index is 1400. The van der Waals surface area contributed by atoms with Crippen LogP contribution in [0.1, 0.15) is 11.7 Å². The van der Waals surface area contributed by atoms with Crippen LogP contribution in [0.15, 0.2) is 27.6 Å². The van der Waals surface area contributed by atoms with Crippen molar-refractivity contribution in [1.29, 1.82) is 0 Å². The van der Waals surface area contributed by atoms with Crippen LogP contribution in [0.2, 0.25) is 0 Å². The zero-order valence-corrected chi connectivity index (χ0v) is 20.9. The quantitative estimate of drug-likeness (QED) is 0.243. The second kappa shape index (κ2) is 10.6. The summed E-state index contributed by atoms with van der Waals surface area (Å²) in [6.45, 7) is -0.734. The predicted molar refractivity (Wildman–Crippen MR) is 130 cm³/mol. The number of phenolic OH excluding ortho intramolecular Hbond substituents is 2. The molecule has 0 unspecified atom stereocenters. The number of aliphatic hydroxyl groups excluding tert-OH is 4. The monoisotopic (exact) mass is 536 g/mol. The van der Waals surface area contributed by atoms with Crippen LogP contribution in [0.3, 0.4) is 0 Å². The molecule has 4 rings (SSSR count). The first-order valence-electron chi connectivity index (χ1n) is 11.3. The molecule has 0 bridgehead atoms. The van der Waals surface area contributed by atoms with E-state index in [1.54, 1.807) is 0 Å². The number of aromatic hydroxyl groups is 2. The summed E-state index contributed by atoms with van der Waals surface area (Å²) in [6.07, 6.45) is -7.17. The molecule has 1 saturated heterocycles. The van der Waals surface area contributed by atoms with Gasteiger partial charge in [-0.25, -0.2) is 0 Å². The summed E-state index contributed by atoms with van der Waals surface area (Å²) in [4.78, 5) is 13.8. The maximum Gasteiger partial charge on any atom is 0.204 e. The number of hydrogen-bond donors (Lipinski definition) is 6. The van der Waals surface area contributed by atoms with Gasteiger partial charge in [-0.15, -0.1) is 0 Å². The van der Waals surface area contributed by atoms with Crippen molar-refractivity contribution < 1.29 is 58.7 Å². The van der Waals surface area contributed by atoms with Crippen molar-refractivity contribution >= 4 is 11.0 Å². The van der Waals surface area contributed by atoms with Gasteiger partial charge >= 0.3 is 0 Å². The summed E-state index contributed by atoms with van der Waals surface area (Å²) in [7, 11) is 5.34. The van der Waals surface area contributed by atoms with Crippen molar-refractivity contribution in [2.24, 2.45) is 0 Å². The van der Waals surface area contributed by atoms with Crippen LogP contribution in [0.5, 0.6) is 34.5 Å². The molecule has 1 aliphatic heterocycles. The summed E-state index contributed by atoms with van der Waals surface area (Å²) in [5.41, 5.74) is -1.37. The Morgan fingerprint density at radius 3 is 2.03 bits per heavy atom. The first-order valence-corrected chi connectivity index (χ1v) is 11.3. The molecule has 6 N–H and O–H groups in total. The maximum atomic E-state index is 13.8. The number of aliphatic hydroxyl groups is 4. The van der Waals surface area contributed by atoms with Crippen molar-refractivity contribution in [3.8, 4) is 45.6 Å². The van der Waals surface area contributed by atoms with E-state index in [0.29, 0.717) is 5.75 Å². The molecular weight excluding hydrogens is 508 g/mol. The maximum absolute atomic E-state index is 13.8. The van der Waals surface area contributed by atoms with Gasteiger partial charge in [-0.05, 0) is 6.07 Å². The minimum atomic E-state index is -1.83. The molecule has 5 atom stereocenters. The van der Waals surface area contributed by atoms with Gasteiger partial charge in [0.25, 0.3) is 0 Å². The number of methoxy groups -OCH3 is 4. The lowest BCUT2D eigenvalue weighted by Gasteiger charge is -2.40. The average molecular weight is 536 g/mol. The van der Waals surface area contributed by atoms with E-state index in [1.165, 1.54) is 33.5 Å². The number of phenols is 2. The van der Waals surface area contributed by atoms with Crippen molar-refractivity contribution in [3.63, 3.8) is 0 Å². The molecular formula is C25H28O13. The van der Waals surface area contributed by atoms with E-state index in [2.05, 4.69) is 0 Å². The van der Waals surface area contributed by atoms with E-state index in [4.69, 9.17) is 28.1 Å². The van der Waals surface area contributed by atoms with Crippen molar-refractivity contribution in [2.75, 3.05) is 35.0 Å². The van der Waals surface area contributed by atoms with Gasteiger partial charge in [-0.2, -0.15) is 0 Å². The normalized spacial score (nSPS) is 23.3. The molecule has 1 fully saturated rings. The zero-order valence-electron chi connectivity index (χ0n) is 20.9. The van der Waals surface area contributed by atoms with Crippen LogP contribution in [0.4, 0.5) is 0 Å². The van der Waals surface area contributed by atoms with Gasteiger partial charge in [0, 0.05) is 11.6 Å². The summed E-state index contributed by atoms with van der Waals surface area (Å²) >= 11 is 0. The highest BCUT2D eigenvalue weighted by Gasteiger charge is 2.46. The molecule has 0 aliphatic carbocycles. The molecule has 3 aromatic rings. The number of ether oxygens (including phenoxy) is 5. The third-order valence-corrected chi connectivity index (χ3v) is 6.54. The Hall–Kier alpha value is -3.75. The highest BCUT2D eigenvalue weighted by molar-refractivity contribution is 5.95. The molecule has 38 heavy (non-hydrogen) atoms. The molecule has 13 nitrogen and oxygen atoms in total. The average Bonchev–Trinajstić information content (AvgIpc) is 2.92. The molecule has 0 saturated carbocycles. The molecule has 0 radical (unpaired) electrons. The van der Waals surface area contributed by atoms with Gasteiger partial charge in [0.2, 0.25) is 11.2 Å². The first kappa shape index (κ1) is 27.3. The predicted octanol–water partition coefficient (Wildman–Crippen LogP) is 0.420. The molecule has 1 aromatic heterocycles. The molecule has 0 spiro atoms. The highest BCUT2D eigenvalue weighted by atomic mass is 16.5. The Kier molecular flexibility index (Phi) is 7.58. The van der Waals surface area contributed by atoms with E-state index < -0.39 is 70.8 Å². The summed E-state index contributed by atoms with van der Waals surface area (Å²) in [6, 6.07) is 2.97. The summed E-state index contributed by atoms with van der Waals surface area (Å²) < 4.78 is 32.4. The second-order valence-corrected chi connectivity index (χ2v) is 8.48. The number of hydrogen-bond acceptors (Lipinski definition) is 13. The minimum Gasteiger partial charge on any atom is -0.504 e. The van der Waals surface area contributed by atoms with Gasteiger partial charge in [0.1, 0.15) is 47.9 Å². The number of benzene rings is 2. The standard InChI is InChI=1S/C25H28O13/c1-33-11-6-13(35-3)12(34-2)5-9(11)10-8-37-23-15(17(10)27)19(29)25(36-4)20(30)16(23)24-22(32)21(31)18(28)14(7-26)38-24/h5-6,8,14,18,21-22,24,26,28-32H,7H2,1-4H3/t14-,18+,21+,22-,24-/m1/s1. The Balaban J connectivity index is 2.03. The van der Waals surface area contributed by atoms with Crippen LogP contribution < -0.4 is 24.4 Å². The van der Waals surface area contributed by atoms with Crippen molar-refractivity contribution in [1.82, 2.24) is 0 Å². The van der Waals surface area contributed by atoms with Gasteiger partial charge in [0.15, 0.2) is 28.6 Å². The van der Waals surface area contributed by atoms with E-state index in [9.17, 15) is 35.4 Å². The lowest BCUT2D eigenvalue weighted by molar-refractivity contribution is -0.231. The van der Waals surface area contributed by atoms with Crippen molar-refractivity contribution in [2.45, 2.75) is 30.5 Å². The topological polar surface area (TPSA) is 198 Å². The highest BCUT2D eigenvalue weighted by Crippen LogP contribution is 2.50. The van der Waals surface area contributed by atoms with Gasteiger partial charge in [0.05, 0.1) is 46.2 Å². The lowest BCUT2D eigenvalue weighted by Crippen LogP contribution is -2.55. The van der Waals surface area contributed by atoms with Crippen LogP contribution in [-0.4, -0.2) is 90.1 Å². The lowest BCUT2D eigenvalue weighted by atomic mass is 9.89. The minimum absolute atomic E-state index is 0.0712. The summed E-state index contributed by atoms with van der Waals surface area (Å²) in [5, 5.41) is 62.1. The Morgan fingerprint density at radius 2 is 1.45 bits per heavy atom. The van der Waals surface area contributed by atoms with Crippen LogP contribution in [0, 0.1) is 0 Å². The Labute approximate surface area is 215 Å². The fraction of sp³-hybridized carbons (Fsp3) is 0.400. The van der Waals surface area contributed by atoms with Gasteiger partial charge < -0.3 is 58.7 Å². The number of rotatable bonds is 7. The van der Waals surface area contributed by atoms with Crippen molar-refractivity contribution in [3.05, 3.63) is 34.2 Å². The van der Waals surface area contributed by atoms with Crippen LogP contribution in [0.25, 0.3) is 22.1 Å². The summed E-state index contributed by atoms with van der Waals surface area (Å²) in [5.74, 6) is -1.22. The molecule has 2 aromatic carbocycles. The largest absolute Gasteiger partial charge is 0.504 e. The third kappa shape index (κ3) is 4.14. The van der Waals surface area contributed by atoms with Crippen LogP contribution >= 0.6 is 0 Å². The van der Waals surface area contributed by atoms with Crippen LogP contribution in [-0.2, 0) is 4.74 Å². The van der Waals surface area contributed by atoms with Gasteiger partial charge in [-0.3, -0.25) is 4.79 Å². The van der Waals surface area contributed by atoms with E-state index >= 15 is 0 Å². The molecule has 0 amide bonds. The molecule has 13 heteroatoms. The SMILES string of the molecule is COc1cc(OC)c(-c2coc3c([C@H]4O[C@H](CO)[C@H](O)[C@H](O)[C@H]4O)c(O)c(OC)c(O)c3c2=O)cc1OC. The first-order chi connectivity index (χ1) is 18.1. The number of fused-ring (bicyclic) bond motifs is 1. The smallest absolute Gasteiger partial charge is 0.204 e. The van der Waals surface area contributed by atoms with Gasteiger partial charge in [-0.1, -0.05) is 0 Å².